The van der Waals surface area contributed by atoms with Crippen molar-refractivity contribution in [3.8, 4) is 5.69 Å². The first-order chi connectivity index (χ1) is 12.3. The van der Waals surface area contributed by atoms with Gasteiger partial charge in [0.25, 0.3) is 5.56 Å². The lowest BCUT2D eigenvalue weighted by Crippen LogP contribution is -2.52. The minimum Gasteiger partial charge on any atom is -0.356 e. The van der Waals surface area contributed by atoms with Gasteiger partial charge in [0.2, 0.25) is 9.70 Å². The zero-order chi connectivity index (χ0) is 20.6. The van der Waals surface area contributed by atoms with Gasteiger partial charge in [-0.15, -0.1) is 0 Å². The minimum atomic E-state index is -1.87. The molecule has 0 fully saturated rings. The Morgan fingerprint density at radius 1 is 1.11 bits per heavy atom. The Hall–Kier alpha value is -1.63. The third-order valence-corrected chi connectivity index (χ3v) is 4.78. The van der Waals surface area contributed by atoms with E-state index >= 15 is 0 Å². The van der Waals surface area contributed by atoms with Crippen molar-refractivity contribution in [2.75, 3.05) is 5.32 Å². The average molecular weight is 434 g/mol. The molecule has 1 aromatic carbocycles. The topological polar surface area (TPSA) is 68.1 Å². The molecule has 0 saturated heterocycles. The van der Waals surface area contributed by atoms with Gasteiger partial charge in [-0.1, -0.05) is 73.8 Å². The third-order valence-electron chi connectivity index (χ3n) is 4.13. The van der Waals surface area contributed by atoms with Crippen molar-refractivity contribution in [1.29, 1.82) is 0 Å². The molecule has 2 N–H and O–H groups in total. The van der Waals surface area contributed by atoms with E-state index in [9.17, 15) is 9.59 Å². The first kappa shape index (κ1) is 21.7. The summed E-state index contributed by atoms with van der Waals surface area (Å²) in [5.74, 6) is -0.316. The van der Waals surface area contributed by atoms with Gasteiger partial charge in [-0.25, -0.2) is 4.68 Å². The van der Waals surface area contributed by atoms with Gasteiger partial charge < -0.3 is 10.6 Å². The fraction of sp³-hybridized carbons (Fsp3) is 0.444. The Balaban J connectivity index is 2.45. The molecule has 0 saturated carbocycles. The molecule has 2 rings (SSSR count). The normalized spacial score (nSPS) is 13.3. The Kier molecular flexibility index (Phi) is 6.24. The molecule has 1 atom stereocenters. The van der Waals surface area contributed by atoms with Crippen molar-refractivity contribution in [2.45, 2.75) is 37.7 Å². The molecule has 0 spiro atoms. The van der Waals surface area contributed by atoms with E-state index in [4.69, 9.17) is 34.8 Å². The van der Waals surface area contributed by atoms with E-state index < -0.39 is 15.4 Å². The number of benzene rings is 1. The molecule has 0 aliphatic rings. The Bertz CT molecular complexity index is 877. The van der Waals surface area contributed by atoms with Gasteiger partial charge in [-0.05, 0) is 19.1 Å². The van der Waals surface area contributed by atoms with Crippen LogP contribution in [0.15, 0.2) is 35.1 Å². The minimum absolute atomic E-state index is 0.242. The van der Waals surface area contributed by atoms with Gasteiger partial charge in [0.1, 0.15) is 11.9 Å². The third kappa shape index (κ3) is 4.81. The molecule has 0 aliphatic heterocycles. The number of anilines is 1. The largest absolute Gasteiger partial charge is 0.356 e. The van der Waals surface area contributed by atoms with E-state index in [2.05, 4.69) is 10.6 Å². The number of carbonyl (C=O) groups is 1. The van der Waals surface area contributed by atoms with Gasteiger partial charge in [-0.2, -0.15) is 0 Å². The summed E-state index contributed by atoms with van der Waals surface area (Å²) >= 11 is 18.1. The Morgan fingerprint density at radius 2 is 1.67 bits per heavy atom. The van der Waals surface area contributed by atoms with Crippen molar-refractivity contribution in [3.05, 3.63) is 46.4 Å². The molecule has 0 radical (unpaired) electrons. The maximum atomic E-state index is 13.0. The lowest BCUT2D eigenvalue weighted by molar-refractivity contribution is -0.129. The van der Waals surface area contributed by atoms with Gasteiger partial charge >= 0.3 is 0 Å². The van der Waals surface area contributed by atoms with Gasteiger partial charge in [0.15, 0.2) is 0 Å². The van der Waals surface area contributed by atoms with E-state index in [1.165, 1.54) is 4.68 Å². The summed E-state index contributed by atoms with van der Waals surface area (Å²) < 4.78 is 1.33. The highest BCUT2D eigenvalue weighted by atomic mass is 35.6. The summed E-state index contributed by atoms with van der Waals surface area (Å²) in [5, 5.41) is 5.57. The number of hydrogen-bond donors (Lipinski definition) is 2. The van der Waals surface area contributed by atoms with E-state index in [1.807, 2.05) is 30.3 Å². The van der Waals surface area contributed by atoms with Crippen LogP contribution in [0.5, 0.6) is 0 Å². The molecule has 1 heterocycles. The van der Waals surface area contributed by atoms with Crippen LogP contribution >= 0.6 is 34.8 Å². The number of hydrogen-bond acceptors (Lipinski definition) is 3. The molecule has 9 heteroatoms. The van der Waals surface area contributed by atoms with Crippen LogP contribution in [0.25, 0.3) is 5.69 Å². The van der Waals surface area contributed by atoms with E-state index in [0.29, 0.717) is 11.4 Å². The molecule has 27 heavy (non-hydrogen) atoms. The first-order valence-corrected chi connectivity index (χ1v) is 9.45. The summed E-state index contributed by atoms with van der Waals surface area (Å²) in [6, 6.07) is 9.18. The maximum absolute atomic E-state index is 13.0. The Morgan fingerprint density at radius 3 is 2.15 bits per heavy atom. The number of halogens is 3. The van der Waals surface area contributed by atoms with Crippen LogP contribution in [0.1, 0.15) is 26.5 Å². The zero-order valence-corrected chi connectivity index (χ0v) is 18.1. The second-order valence-electron chi connectivity index (χ2n) is 7.28. The fourth-order valence-electron chi connectivity index (χ4n) is 2.43. The van der Waals surface area contributed by atoms with Gasteiger partial charge in [0.05, 0.1) is 11.4 Å². The second-order valence-corrected chi connectivity index (χ2v) is 9.65. The number of carbonyl (C=O) groups excluding carboxylic acids is 1. The summed E-state index contributed by atoms with van der Waals surface area (Å²) in [4.78, 5) is 25.4. The number of nitrogens with one attached hydrogen (secondary N) is 2. The molecular formula is C18H23Cl3N4O2. The average Bonchev–Trinajstić information content (AvgIpc) is 2.76. The molecule has 1 amide bonds. The first-order valence-electron chi connectivity index (χ1n) is 8.32. The standard InChI is InChI=1S/C18H23Cl3N4O2/c1-11-13(14(26)25(24(11)5)12-9-7-6-8-10-12)22-15(18(19,20)21)23-16(27)17(2,3)4/h6-10,15,22H,1-5H3,(H,23,27)/t15-/m0/s1. The summed E-state index contributed by atoms with van der Waals surface area (Å²) in [6.07, 6.45) is -1.09. The Labute approximate surface area is 173 Å². The van der Waals surface area contributed by atoms with Crippen molar-refractivity contribution in [2.24, 2.45) is 12.5 Å². The van der Waals surface area contributed by atoms with Crippen LogP contribution in [-0.2, 0) is 11.8 Å². The molecule has 1 aromatic heterocycles. The van der Waals surface area contributed by atoms with Crippen molar-refractivity contribution in [3.63, 3.8) is 0 Å². The number of rotatable bonds is 4. The van der Waals surface area contributed by atoms with Crippen LogP contribution in [0.2, 0.25) is 0 Å². The number of amides is 1. The molecule has 0 aliphatic carbocycles. The van der Waals surface area contributed by atoms with E-state index in [-0.39, 0.29) is 17.2 Å². The van der Waals surface area contributed by atoms with Crippen molar-refractivity contribution in [1.82, 2.24) is 14.7 Å². The number of aromatic nitrogens is 2. The number of nitrogens with zero attached hydrogens (tertiary/aromatic N) is 2. The van der Waals surface area contributed by atoms with E-state index in [0.717, 1.165) is 0 Å². The zero-order valence-electron chi connectivity index (χ0n) is 15.8. The number of alkyl halides is 3. The SMILES string of the molecule is Cc1c(N[C@@H](NC(=O)C(C)(C)C)C(Cl)(Cl)Cl)c(=O)n(-c2ccccc2)n1C. The summed E-state index contributed by atoms with van der Waals surface area (Å²) in [6.45, 7) is 7.00. The predicted octanol–water partition coefficient (Wildman–Crippen LogP) is 3.75. The highest BCUT2D eigenvalue weighted by molar-refractivity contribution is 6.68. The number of para-hydroxylation sites is 1. The molecule has 148 valence electrons. The predicted molar refractivity (Wildman–Crippen MR) is 111 cm³/mol. The molecule has 0 unspecified atom stereocenters. The monoisotopic (exact) mass is 432 g/mol. The van der Waals surface area contributed by atoms with Crippen LogP contribution in [0, 0.1) is 12.3 Å². The molecular weight excluding hydrogens is 411 g/mol. The van der Waals surface area contributed by atoms with Crippen LogP contribution in [0.4, 0.5) is 5.69 Å². The van der Waals surface area contributed by atoms with Crippen LogP contribution in [-0.4, -0.2) is 25.2 Å². The molecule has 6 nitrogen and oxygen atoms in total. The quantitative estimate of drug-likeness (QED) is 0.570. The van der Waals surface area contributed by atoms with Gasteiger partial charge in [-0.3, -0.25) is 14.3 Å². The molecule has 0 bridgehead atoms. The molecule has 2 aromatic rings. The second kappa shape index (κ2) is 7.78. The lowest BCUT2D eigenvalue weighted by atomic mass is 9.95. The van der Waals surface area contributed by atoms with Crippen molar-refractivity contribution >= 4 is 46.4 Å². The fourth-order valence-corrected chi connectivity index (χ4v) is 2.75. The lowest BCUT2D eigenvalue weighted by Gasteiger charge is -2.29. The smallest absolute Gasteiger partial charge is 0.295 e. The van der Waals surface area contributed by atoms with E-state index in [1.54, 1.807) is 39.4 Å². The van der Waals surface area contributed by atoms with Gasteiger partial charge in [0, 0.05) is 12.5 Å². The highest BCUT2D eigenvalue weighted by Gasteiger charge is 2.37. The van der Waals surface area contributed by atoms with Crippen LogP contribution < -0.4 is 16.2 Å². The summed E-state index contributed by atoms with van der Waals surface area (Å²) in [7, 11) is 1.76. The van der Waals surface area contributed by atoms with Crippen molar-refractivity contribution < 1.29 is 4.79 Å². The summed E-state index contributed by atoms with van der Waals surface area (Å²) in [5.41, 5.74) is 0.571. The van der Waals surface area contributed by atoms with Crippen LogP contribution in [0.3, 0.4) is 0 Å². The highest BCUT2D eigenvalue weighted by Crippen LogP contribution is 2.32. The maximum Gasteiger partial charge on any atom is 0.295 e.